The van der Waals surface area contributed by atoms with Gasteiger partial charge in [-0.3, -0.25) is 14.6 Å². The second kappa shape index (κ2) is 7.83. The summed E-state index contributed by atoms with van der Waals surface area (Å²) in [5.41, 5.74) is 2.28. The third kappa shape index (κ3) is 3.68. The van der Waals surface area contributed by atoms with Crippen LogP contribution in [0.25, 0.3) is 0 Å². The van der Waals surface area contributed by atoms with E-state index >= 15 is 0 Å². The molecule has 2 aromatic rings. The third-order valence-corrected chi connectivity index (χ3v) is 4.56. The van der Waals surface area contributed by atoms with Gasteiger partial charge in [0, 0.05) is 18.6 Å². The summed E-state index contributed by atoms with van der Waals surface area (Å²) in [6, 6.07) is 3.60. The van der Waals surface area contributed by atoms with Crippen molar-refractivity contribution in [3.05, 3.63) is 57.1 Å². The number of nitrogens with one attached hydrogen (secondary N) is 1. The number of rotatable bonds is 5. The Bertz CT molecular complexity index is 930. The SMILES string of the molecule is CC.O=c1c(=O)n(C2(CF)CC2)ccn1Cc1ccc(N2N=CCN2)cn1. The fourth-order valence-electron chi connectivity index (χ4n) is 2.85. The number of anilines is 1. The molecule has 0 unspecified atom stereocenters. The number of alkyl halides is 1. The maximum Gasteiger partial charge on any atom is 0.317 e. The van der Waals surface area contributed by atoms with Crippen LogP contribution in [0.15, 0.2) is 45.4 Å². The first-order valence-electron chi connectivity index (χ1n) is 9.02. The number of hydrogen-bond donors (Lipinski definition) is 1. The summed E-state index contributed by atoms with van der Waals surface area (Å²) in [5.74, 6) is 0. The summed E-state index contributed by atoms with van der Waals surface area (Å²) < 4.78 is 15.7. The molecule has 144 valence electrons. The van der Waals surface area contributed by atoms with Crippen LogP contribution in [0.3, 0.4) is 0 Å². The monoisotopic (exact) mass is 374 g/mol. The lowest BCUT2D eigenvalue weighted by Crippen LogP contribution is -2.45. The van der Waals surface area contributed by atoms with E-state index in [1.807, 2.05) is 19.9 Å². The fraction of sp³-hybridized carbons (Fsp3) is 0.444. The molecule has 2 aliphatic rings. The van der Waals surface area contributed by atoms with Gasteiger partial charge in [0.05, 0.1) is 36.2 Å². The van der Waals surface area contributed by atoms with Gasteiger partial charge in [0.25, 0.3) is 0 Å². The first-order valence-corrected chi connectivity index (χ1v) is 9.02. The van der Waals surface area contributed by atoms with Gasteiger partial charge in [-0.2, -0.15) is 10.2 Å². The smallest absolute Gasteiger partial charge is 0.303 e. The minimum atomic E-state index is -0.807. The van der Waals surface area contributed by atoms with Gasteiger partial charge in [-0.15, -0.1) is 0 Å². The van der Waals surface area contributed by atoms with Gasteiger partial charge in [-0.05, 0) is 25.0 Å². The number of hydrazine groups is 1. The Labute approximate surface area is 155 Å². The van der Waals surface area contributed by atoms with E-state index in [4.69, 9.17) is 0 Å². The molecule has 0 radical (unpaired) electrons. The van der Waals surface area contributed by atoms with Crippen LogP contribution in [-0.4, -0.2) is 33.6 Å². The minimum absolute atomic E-state index is 0.175. The van der Waals surface area contributed by atoms with Crippen LogP contribution in [0, 0.1) is 0 Å². The van der Waals surface area contributed by atoms with Gasteiger partial charge in [0.2, 0.25) is 0 Å². The molecule has 1 fully saturated rings. The van der Waals surface area contributed by atoms with Gasteiger partial charge in [0.15, 0.2) is 0 Å². The van der Waals surface area contributed by atoms with Crippen LogP contribution < -0.4 is 21.7 Å². The van der Waals surface area contributed by atoms with Crippen molar-refractivity contribution >= 4 is 11.9 Å². The lowest BCUT2D eigenvalue weighted by molar-refractivity contribution is 0.326. The Morgan fingerprint density at radius 3 is 2.52 bits per heavy atom. The predicted octanol–water partition coefficient (Wildman–Crippen LogP) is 1.25. The van der Waals surface area contributed by atoms with Crippen LogP contribution >= 0.6 is 0 Å². The molecule has 1 aliphatic heterocycles. The lowest BCUT2D eigenvalue weighted by Gasteiger charge is -2.16. The van der Waals surface area contributed by atoms with Crippen LogP contribution in [0.5, 0.6) is 0 Å². The molecular weight excluding hydrogens is 351 g/mol. The number of hydrogen-bond acceptors (Lipinski definition) is 6. The molecule has 0 aromatic carbocycles. The van der Waals surface area contributed by atoms with Gasteiger partial charge in [0.1, 0.15) is 6.67 Å². The van der Waals surface area contributed by atoms with Crippen LogP contribution in [0.1, 0.15) is 32.4 Å². The number of nitrogens with zero attached hydrogens (tertiary/aromatic N) is 5. The largest absolute Gasteiger partial charge is 0.317 e. The number of pyridine rings is 1. The Balaban J connectivity index is 0.00000102. The molecule has 4 rings (SSSR count). The van der Waals surface area contributed by atoms with Crippen LogP contribution in [0.4, 0.5) is 10.1 Å². The molecule has 0 atom stereocenters. The molecular formula is C18H23FN6O2. The van der Waals surface area contributed by atoms with Gasteiger partial charge >= 0.3 is 11.1 Å². The quantitative estimate of drug-likeness (QED) is 0.797. The summed E-state index contributed by atoms with van der Waals surface area (Å²) >= 11 is 0. The van der Waals surface area contributed by atoms with Crippen LogP contribution in [-0.2, 0) is 12.1 Å². The third-order valence-electron chi connectivity index (χ3n) is 4.56. The van der Waals surface area contributed by atoms with Crippen molar-refractivity contribution in [2.45, 2.75) is 38.8 Å². The number of aromatic nitrogens is 3. The zero-order chi connectivity index (χ0) is 19.4. The molecule has 0 saturated heterocycles. The van der Waals surface area contributed by atoms with Crippen LogP contribution in [0.2, 0.25) is 0 Å². The summed E-state index contributed by atoms with van der Waals surface area (Å²) in [6.07, 6.45) is 7.56. The molecule has 3 heterocycles. The van der Waals surface area contributed by atoms with Crippen molar-refractivity contribution < 1.29 is 4.39 Å². The highest BCUT2D eigenvalue weighted by molar-refractivity contribution is 5.65. The molecule has 0 spiro atoms. The van der Waals surface area contributed by atoms with E-state index in [1.165, 1.54) is 21.5 Å². The molecule has 27 heavy (non-hydrogen) atoms. The standard InChI is InChI=1S/C16H17FN6O2.C2H6/c17-11-16(3-4-16)22-8-7-21(14(24)15(22)25)10-12-1-2-13(9-18-12)23-19-5-6-20-23;1-2/h1-2,5,7-9,20H,3-4,6,10-11H2;1-2H3. The van der Waals surface area contributed by atoms with Crippen molar-refractivity contribution in [1.29, 1.82) is 0 Å². The molecule has 1 saturated carbocycles. The van der Waals surface area contributed by atoms with Gasteiger partial charge in [-0.1, -0.05) is 13.8 Å². The molecule has 1 N–H and O–H groups in total. The Kier molecular flexibility index (Phi) is 5.50. The molecule has 8 nitrogen and oxygen atoms in total. The molecule has 9 heteroatoms. The second-order valence-corrected chi connectivity index (χ2v) is 6.24. The Morgan fingerprint density at radius 1 is 1.19 bits per heavy atom. The first-order chi connectivity index (χ1) is 13.1. The first kappa shape index (κ1) is 19.0. The average Bonchev–Trinajstić information content (AvgIpc) is 3.31. The normalized spacial score (nSPS) is 16.8. The van der Waals surface area contributed by atoms with Crippen molar-refractivity contribution in [1.82, 2.24) is 19.5 Å². The Morgan fingerprint density at radius 2 is 1.96 bits per heavy atom. The number of hydrazone groups is 1. The van der Waals surface area contributed by atoms with E-state index in [9.17, 15) is 14.0 Å². The molecule has 2 aromatic heterocycles. The van der Waals surface area contributed by atoms with E-state index in [1.54, 1.807) is 23.6 Å². The summed E-state index contributed by atoms with van der Waals surface area (Å²) in [5, 5.41) is 5.73. The predicted molar refractivity (Wildman–Crippen MR) is 102 cm³/mol. The molecule has 1 aliphatic carbocycles. The maximum absolute atomic E-state index is 13.1. The maximum atomic E-state index is 13.1. The topological polar surface area (TPSA) is 84.5 Å². The van der Waals surface area contributed by atoms with Gasteiger partial charge in [-0.25, -0.2) is 9.82 Å². The fourth-order valence-corrected chi connectivity index (χ4v) is 2.85. The highest BCUT2D eigenvalue weighted by Gasteiger charge is 2.45. The summed E-state index contributed by atoms with van der Waals surface area (Å²) in [4.78, 5) is 28.9. The summed E-state index contributed by atoms with van der Waals surface area (Å²) in [6.45, 7) is 4.20. The molecule has 0 amide bonds. The highest BCUT2D eigenvalue weighted by atomic mass is 19.1. The summed E-state index contributed by atoms with van der Waals surface area (Å²) in [7, 11) is 0. The van der Waals surface area contributed by atoms with Crippen molar-refractivity contribution in [3.8, 4) is 0 Å². The van der Waals surface area contributed by atoms with Crippen molar-refractivity contribution in [2.24, 2.45) is 5.10 Å². The second-order valence-electron chi connectivity index (χ2n) is 6.24. The Hall–Kier alpha value is -2.81. The van der Waals surface area contributed by atoms with E-state index in [0.29, 0.717) is 25.1 Å². The minimum Gasteiger partial charge on any atom is -0.303 e. The van der Waals surface area contributed by atoms with E-state index in [2.05, 4.69) is 15.5 Å². The van der Waals surface area contributed by atoms with Gasteiger partial charge < -0.3 is 9.13 Å². The van der Waals surface area contributed by atoms with E-state index < -0.39 is 23.3 Å². The molecule has 0 bridgehead atoms. The van der Waals surface area contributed by atoms with E-state index in [-0.39, 0.29) is 6.54 Å². The zero-order valence-corrected chi connectivity index (χ0v) is 15.4. The number of halogens is 1. The van der Waals surface area contributed by atoms with E-state index in [0.717, 1.165) is 5.69 Å². The highest BCUT2D eigenvalue weighted by Crippen LogP contribution is 2.42. The average molecular weight is 374 g/mol. The van der Waals surface area contributed by atoms with Crippen molar-refractivity contribution in [2.75, 3.05) is 18.3 Å². The zero-order valence-electron chi connectivity index (χ0n) is 15.4. The lowest BCUT2D eigenvalue weighted by atomic mass is 10.3. The van der Waals surface area contributed by atoms with Crippen molar-refractivity contribution in [3.63, 3.8) is 0 Å².